The van der Waals surface area contributed by atoms with Crippen LogP contribution >= 0.6 is 0 Å². The number of rotatable bonds is 4. The zero-order valence-electron chi connectivity index (χ0n) is 8.28. The van der Waals surface area contributed by atoms with Crippen molar-refractivity contribution in [3.8, 4) is 0 Å². The van der Waals surface area contributed by atoms with Crippen molar-refractivity contribution in [1.82, 2.24) is 5.32 Å². The number of benzene rings is 1. The van der Waals surface area contributed by atoms with Gasteiger partial charge in [0.25, 0.3) is 5.91 Å². The highest BCUT2D eigenvalue weighted by atomic mass is 19.1. The zero-order valence-corrected chi connectivity index (χ0v) is 8.28. The highest BCUT2D eigenvalue weighted by molar-refractivity contribution is 5.94. The molecule has 0 saturated carbocycles. The fourth-order valence-electron chi connectivity index (χ4n) is 1.04. The van der Waals surface area contributed by atoms with Gasteiger partial charge in [-0.15, -0.1) is 0 Å². The van der Waals surface area contributed by atoms with Gasteiger partial charge in [-0.3, -0.25) is 4.79 Å². The van der Waals surface area contributed by atoms with Crippen LogP contribution in [0.2, 0.25) is 0 Å². The van der Waals surface area contributed by atoms with Crippen LogP contribution in [-0.4, -0.2) is 35.4 Å². The van der Waals surface area contributed by atoms with Crippen molar-refractivity contribution in [2.75, 3.05) is 13.2 Å². The Morgan fingerprint density at radius 1 is 1.44 bits per heavy atom. The lowest BCUT2D eigenvalue weighted by molar-refractivity contribution is 0.0799. The molecule has 16 heavy (non-hydrogen) atoms. The molecule has 0 fully saturated rings. The van der Waals surface area contributed by atoms with Crippen LogP contribution in [0.25, 0.3) is 0 Å². The van der Waals surface area contributed by atoms with Gasteiger partial charge < -0.3 is 15.5 Å². The number of hydrogen-bond acceptors (Lipinski definition) is 3. The Bertz CT molecular complexity index is 384. The number of carbonyl (C=O) groups is 1. The normalized spacial score (nSPS) is 12.2. The molecule has 0 aliphatic carbocycles. The second-order valence-electron chi connectivity index (χ2n) is 3.17. The van der Waals surface area contributed by atoms with Crippen LogP contribution in [0.1, 0.15) is 10.4 Å². The van der Waals surface area contributed by atoms with Crippen LogP contribution in [0.5, 0.6) is 0 Å². The molecule has 1 rings (SSSR count). The fourth-order valence-corrected chi connectivity index (χ4v) is 1.04. The lowest BCUT2D eigenvalue weighted by Gasteiger charge is -2.09. The number of nitrogens with one attached hydrogen (secondary N) is 1. The topological polar surface area (TPSA) is 69.6 Å². The maximum atomic E-state index is 13.1. The first-order chi connectivity index (χ1) is 7.54. The SMILES string of the molecule is O=C(NCC(O)CO)c1ccc(F)cc1F. The average Bonchev–Trinajstić information content (AvgIpc) is 2.25. The van der Waals surface area contributed by atoms with Gasteiger partial charge in [0, 0.05) is 12.6 Å². The lowest BCUT2D eigenvalue weighted by Crippen LogP contribution is -2.34. The number of hydrogen-bond donors (Lipinski definition) is 3. The molecule has 0 heterocycles. The van der Waals surface area contributed by atoms with Gasteiger partial charge in [0.2, 0.25) is 0 Å². The molecule has 1 atom stereocenters. The zero-order chi connectivity index (χ0) is 12.1. The smallest absolute Gasteiger partial charge is 0.254 e. The van der Waals surface area contributed by atoms with E-state index in [1.807, 2.05) is 0 Å². The van der Waals surface area contributed by atoms with Gasteiger partial charge in [0.05, 0.1) is 18.3 Å². The average molecular weight is 231 g/mol. The summed E-state index contributed by atoms with van der Waals surface area (Å²) >= 11 is 0. The number of aliphatic hydroxyl groups is 2. The van der Waals surface area contributed by atoms with E-state index in [2.05, 4.69) is 5.32 Å². The van der Waals surface area contributed by atoms with Crippen molar-refractivity contribution in [1.29, 1.82) is 0 Å². The third kappa shape index (κ3) is 3.25. The summed E-state index contributed by atoms with van der Waals surface area (Å²) in [6.45, 7) is -0.710. The highest BCUT2D eigenvalue weighted by Gasteiger charge is 2.13. The Morgan fingerprint density at radius 2 is 2.12 bits per heavy atom. The van der Waals surface area contributed by atoms with E-state index in [-0.39, 0.29) is 12.1 Å². The molecule has 0 spiro atoms. The first kappa shape index (κ1) is 12.5. The van der Waals surface area contributed by atoms with E-state index in [1.165, 1.54) is 0 Å². The molecule has 1 amide bonds. The van der Waals surface area contributed by atoms with Crippen LogP contribution in [0.4, 0.5) is 8.78 Å². The highest BCUT2D eigenvalue weighted by Crippen LogP contribution is 2.09. The summed E-state index contributed by atoms with van der Waals surface area (Å²) in [5.74, 6) is -2.52. The van der Waals surface area contributed by atoms with Gasteiger partial charge in [0.1, 0.15) is 11.6 Å². The molecule has 0 aliphatic rings. The van der Waals surface area contributed by atoms with Crippen molar-refractivity contribution >= 4 is 5.91 Å². The minimum absolute atomic E-state index is 0.202. The number of amides is 1. The predicted molar refractivity (Wildman–Crippen MR) is 51.8 cm³/mol. The third-order valence-electron chi connectivity index (χ3n) is 1.88. The second-order valence-corrected chi connectivity index (χ2v) is 3.17. The second kappa shape index (κ2) is 5.53. The summed E-state index contributed by atoms with van der Waals surface area (Å²) in [5.41, 5.74) is -0.313. The Balaban J connectivity index is 2.66. The van der Waals surface area contributed by atoms with Crippen molar-refractivity contribution < 1.29 is 23.8 Å². The van der Waals surface area contributed by atoms with Gasteiger partial charge in [0.15, 0.2) is 0 Å². The Labute approximate surface area is 90.5 Å². The van der Waals surface area contributed by atoms with Crippen LogP contribution in [-0.2, 0) is 0 Å². The van der Waals surface area contributed by atoms with Crippen molar-refractivity contribution in [3.63, 3.8) is 0 Å². The molecule has 0 saturated heterocycles. The van der Waals surface area contributed by atoms with Crippen LogP contribution in [0.15, 0.2) is 18.2 Å². The van der Waals surface area contributed by atoms with Crippen molar-refractivity contribution in [2.45, 2.75) is 6.10 Å². The molecule has 6 heteroatoms. The molecule has 0 bridgehead atoms. The van der Waals surface area contributed by atoms with Gasteiger partial charge in [-0.2, -0.15) is 0 Å². The van der Waals surface area contributed by atoms with Gasteiger partial charge >= 0.3 is 0 Å². The van der Waals surface area contributed by atoms with Gasteiger partial charge in [-0.25, -0.2) is 8.78 Å². The minimum Gasteiger partial charge on any atom is -0.394 e. The lowest BCUT2D eigenvalue weighted by atomic mass is 10.2. The van der Waals surface area contributed by atoms with Gasteiger partial charge in [-0.05, 0) is 12.1 Å². The molecule has 1 aromatic rings. The molecular weight excluding hydrogens is 220 g/mol. The monoisotopic (exact) mass is 231 g/mol. The molecule has 3 N–H and O–H groups in total. The summed E-state index contributed by atoms with van der Waals surface area (Å²) < 4.78 is 25.6. The van der Waals surface area contributed by atoms with Crippen molar-refractivity contribution in [2.24, 2.45) is 0 Å². The molecule has 88 valence electrons. The van der Waals surface area contributed by atoms with Crippen LogP contribution < -0.4 is 5.32 Å². The quantitative estimate of drug-likeness (QED) is 0.685. The van der Waals surface area contributed by atoms with Crippen LogP contribution in [0, 0.1) is 11.6 Å². The molecule has 1 aromatic carbocycles. The molecule has 0 aliphatic heterocycles. The standard InChI is InChI=1S/C10H11F2NO3/c11-6-1-2-8(9(12)3-6)10(16)13-4-7(15)5-14/h1-3,7,14-15H,4-5H2,(H,13,16). The van der Waals surface area contributed by atoms with Crippen molar-refractivity contribution in [3.05, 3.63) is 35.4 Å². The van der Waals surface area contributed by atoms with E-state index < -0.39 is 30.3 Å². The molecule has 4 nitrogen and oxygen atoms in total. The fraction of sp³-hybridized carbons (Fsp3) is 0.300. The molecule has 1 unspecified atom stereocenters. The Kier molecular flexibility index (Phi) is 4.33. The number of carbonyl (C=O) groups excluding carboxylic acids is 1. The summed E-state index contributed by atoms with van der Waals surface area (Å²) in [6, 6.07) is 2.56. The van der Waals surface area contributed by atoms with Crippen LogP contribution in [0.3, 0.4) is 0 Å². The minimum atomic E-state index is -1.10. The summed E-state index contributed by atoms with van der Waals surface area (Å²) in [5, 5.41) is 19.6. The van der Waals surface area contributed by atoms with E-state index in [0.29, 0.717) is 6.07 Å². The van der Waals surface area contributed by atoms with E-state index in [1.54, 1.807) is 0 Å². The molecule has 0 radical (unpaired) electrons. The first-order valence-corrected chi connectivity index (χ1v) is 4.56. The van der Waals surface area contributed by atoms with E-state index >= 15 is 0 Å². The van der Waals surface area contributed by atoms with Gasteiger partial charge in [-0.1, -0.05) is 0 Å². The summed E-state index contributed by atoms with van der Waals surface area (Å²) in [6.07, 6.45) is -1.10. The third-order valence-corrected chi connectivity index (χ3v) is 1.88. The Morgan fingerprint density at radius 3 is 2.69 bits per heavy atom. The Hall–Kier alpha value is -1.53. The number of aliphatic hydroxyl groups excluding tert-OH is 2. The van der Waals surface area contributed by atoms with E-state index in [0.717, 1.165) is 12.1 Å². The van der Waals surface area contributed by atoms with E-state index in [4.69, 9.17) is 10.2 Å². The summed E-state index contributed by atoms with van der Waals surface area (Å²) in [7, 11) is 0. The summed E-state index contributed by atoms with van der Waals surface area (Å²) in [4.78, 5) is 11.3. The number of halogens is 2. The molecule has 0 aromatic heterocycles. The predicted octanol–water partition coefficient (Wildman–Crippen LogP) is 0.0478. The maximum Gasteiger partial charge on any atom is 0.254 e. The molecular formula is C10H11F2NO3. The van der Waals surface area contributed by atoms with E-state index in [9.17, 15) is 13.6 Å². The largest absolute Gasteiger partial charge is 0.394 e. The first-order valence-electron chi connectivity index (χ1n) is 4.56. The maximum absolute atomic E-state index is 13.1.